The van der Waals surface area contributed by atoms with Crippen molar-refractivity contribution in [1.29, 1.82) is 0 Å². The Morgan fingerprint density at radius 2 is 2.35 bits per heavy atom. The predicted octanol–water partition coefficient (Wildman–Crippen LogP) is 1.50. The highest BCUT2D eigenvalue weighted by molar-refractivity contribution is 7.07. The number of carbonyl (C=O) groups excluding carboxylic acids is 2. The first-order valence-electron chi connectivity index (χ1n) is 5.66. The molecule has 5 heteroatoms. The third kappa shape index (κ3) is 3.85. The summed E-state index contributed by atoms with van der Waals surface area (Å²) in [7, 11) is 0. The summed E-state index contributed by atoms with van der Waals surface area (Å²) in [4.78, 5) is 23.1. The summed E-state index contributed by atoms with van der Waals surface area (Å²) in [6, 6.07) is 2.17. The first-order valence-corrected chi connectivity index (χ1v) is 6.60. The molecule has 1 fully saturated rings. The maximum atomic E-state index is 11.5. The van der Waals surface area contributed by atoms with E-state index < -0.39 is 6.10 Å². The van der Waals surface area contributed by atoms with Crippen LogP contribution in [0.3, 0.4) is 0 Å². The van der Waals surface area contributed by atoms with Crippen molar-refractivity contribution in [2.45, 2.75) is 38.3 Å². The molecule has 1 aromatic rings. The summed E-state index contributed by atoms with van der Waals surface area (Å²) >= 11 is 1.54. The number of carbonyl (C=O) groups is 2. The summed E-state index contributed by atoms with van der Waals surface area (Å²) in [5.41, 5.74) is 0.926. The summed E-state index contributed by atoms with van der Waals surface area (Å²) in [6.07, 6.45) is 1.58. The van der Waals surface area contributed by atoms with Crippen LogP contribution in [0.5, 0.6) is 0 Å². The van der Waals surface area contributed by atoms with Gasteiger partial charge in [-0.05, 0) is 42.2 Å². The third-order valence-electron chi connectivity index (χ3n) is 2.53. The van der Waals surface area contributed by atoms with Gasteiger partial charge in [-0.2, -0.15) is 11.3 Å². The smallest absolute Gasteiger partial charge is 0.311 e. The van der Waals surface area contributed by atoms with Crippen LogP contribution in [0.1, 0.15) is 25.3 Å². The maximum Gasteiger partial charge on any atom is 0.311 e. The molecule has 0 radical (unpaired) electrons. The van der Waals surface area contributed by atoms with Crippen molar-refractivity contribution < 1.29 is 14.3 Å². The van der Waals surface area contributed by atoms with Crippen LogP contribution >= 0.6 is 11.3 Å². The minimum Gasteiger partial charge on any atom is -0.452 e. The van der Waals surface area contributed by atoms with Crippen molar-refractivity contribution in [3.63, 3.8) is 0 Å². The lowest BCUT2D eigenvalue weighted by atomic mass is 10.2. The van der Waals surface area contributed by atoms with Gasteiger partial charge in [-0.25, -0.2) is 0 Å². The Bertz CT molecular complexity index is 398. The summed E-state index contributed by atoms with van der Waals surface area (Å²) in [5, 5.41) is 6.61. The van der Waals surface area contributed by atoms with Gasteiger partial charge in [0.25, 0.3) is 5.91 Å². The van der Waals surface area contributed by atoms with E-state index in [2.05, 4.69) is 5.32 Å². The van der Waals surface area contributed by atoms with Crippen LogP contribution in [-0.2, 0) is 20.7 Å². The topological polar surface area (TPSA) is 55.4 Å². The number of rotatable bonds is 5. The monoisotopic (exact) mass is 253 g/mol. The Labute approximate surface area is 104 Å². The van der Waals surface area contributed by atoms with Gasteiger partial charge in [-0.15, -0.1) is 0 Å². The van der Waals surface area contributed by atoms with E-state index in [0.717, 1.165) is 18.4 Å². The Morgan fingerprint density at radius 1 is 1.59 bits per heavy atom. The molecule has 1 aromatic heterocycles. The fraction of sp³-hybridized carbons (Fsp3) is 0.500. The average molecular weight is 253 g/mol. The standard InChI is InChI=1S/C12H15NO3S/c1-8(12(15)13-10-2-3-10)16-11(14)6-9-4-5-17-7-9/h4-5,7-8,10H,2-3,6H2,1H3,(H,13,15)/t8-/m0/s1. The van der Waals surface area contributed by atoms with Gasteiger partial charge in [0.1, 0.15) is 0 Å². The van der Waals surface area contributed by atoms with Gasteiger partial charge < -0.3 is 10.1 Å². The first-order chi connectivity index (χ1) is 8.15. The molecule has 2 rings (SSSR count). The lowest BCUT2D eigenvalue weighted by Gasteiger charge is -2.12. The van der Waals surface area contributed by atoms with Crippen molar-refractivity contribution >= 4 is 23.2 Å². The van der Waals surface area contributed by atoms with E-state index in [1.54, 1.807) is 6.92 Å². The van der Waals surface area contributed by atoms with Crippen molar-refractivity contribution in [1.82, 2.24) is 5.32 Å². The van der Waals surface area contributed by atoms with Gasteiger partial charge in [0.15, 0.2) is 6.10 Å². The molecule has 0 bridgehead atoms. The number of esters is 1. The lowest BCUT2D eigenvalue weighted by molar-refractivity contribution is -0.154. The Kier molecular flexibility index (Phi) is 3.78. The SMILES string of the molecule is C[C@H](OC(=O)Cc1ccsc1)C(=O)NC1CC1. The van der Waals surface area contributed by atoms with Crippen molar-refractivity contribution in [2.75, 3.05) is 0 Å². The maximum absolute atomic E-state index is 11.5. The summed E-state index contributed by atoms with van der Waals surface area (Å²) in [5.74, 6) is -0.562. The van der Waals surface area contributed by atoms with E-state index in [-0.39, 0.29) is 18.3 Å². The number of thiophene rings is 1. The van der Waals surface area contributed by atoms with Crippen molar-refractivity contribution in [3.8, 4) is 0 Å². The molecule has 1 heterocycles. The number of nitrogens with one attached hydrogen (secondary N) is 1. The molecule has 0 aromatic carbocycles. The molecule has 1 N–H and O–H groups in total. The molecular weight excluding hydrogens is 238 g/mol. The normalized spacial score (nSPS) is 16.3. The third-order valence-corrected chi connectivity index (χ3v) is 3.26. The molecule has 1 saturated carbocycles. The van der Waals surface area contributed by atoms with Crippen LogP contribution < -0.4 is 5.32 Å². The predicted molar refractivity (Wildman–Crippen MR) is 64.7 cm³/mol. The average Bonchev–Trinajstić information content (AvgIpc) is 2.93. The van der Waals surface area contributed by atoms with Crippen LogP contribution in [0.25, 0.3) is 0 Å². The second-order valence-corrected chi connectivity index (χ2v) is 5.00. The number of ether oxygens (including phenoxy) is 1. The van der Waals surface area contributed by atoms with E-state index in [1.807, 2.05) is 16.8 Å². The molecule has 1 aliphatic rings. The lowest BCUT2D eigenvalue weighted by Crippen LogP contribution is -2.37. The molecule has 1 amide bonds. The van der Waals surface area contributed by atoms with E-state index in [1.165, 1.54) is 11.3 Å². The first kappa shape index (κ1) is 12.1. The fourth-order valence-electron chi connectivity index (χ4n) is 1.40. The van der Waals surface area contributed by atoms with Crippen LogP contribution in [-0.4, -0.2) is 24.0 Å². The largest absolute Gasteiger partial charge is 0.452 e. The van der Waals surface area contributed by atoms with Crippen molar-refractivity contribution in [2.24, 2.45) is 0 Å². The zero-order valence-electron chi connectivity index (χ0n) is 9.64. The second-order valence-electron chi connectivity index (χ2n) is 4.22. The van der Waals surface area contributed by atoms with E-state index in [9.17, 15) is 9.59 Å². The molecule has 1 aliphatic carbocycles. The van der Waals surface area contributed by atoms with Crippen LogP contribution in [0.2, 0.25) is 0 Å². The second kappa shape index (κ2) is 5.31. The highest BCUT2D eigenvalue weighted by Crippen LogP contribution is 2.18. The van der Waals surface area contributed by atoms with Crippen molar-refractivity contribution in [3.05, 3.63) is 22.4 Å². The fourth-order valence-corrected chi connectivity index (χ4v) is 2.07. The van der Waals surface area contributed by atoms with Gasteiger partial charge in [-0.3, -0.25) is 9.59 Å². The molecule has 0 unspecified atom stereocenters. The van der Waals surface area contributed by atoms with Crippen LogP contribution in [0.15, 0.2) is 16.8 Å². The molecule has 0 saturated heterocycles. The molecule has 1 atom stereocenters. The zero-order chi connectivity index (χ0) is 12.3. The highest BCUT2D eigenvalue weighted by Gasteiger charge is 2.27. The van der Waals surface area contributed by atoms with Gasteiger partial charge in [0.05, 0.1) is 6.42 Å². The van der Waals surface area contributed by atoms with Gasteiger partial charge in [-0.1, -0.05) is 0 Å². The van der Waals surface area contributed by atoms with Gasteiger partial charge in [0.2, 0.25) is 0 Å². The molecule has 92 valence electrons. The Balaban J connectivity index is 1.75. The number of hydrogen-bond donors (Lipinski definition) is 1. The Morgan fingerprint density at radius 3 is 2.94 bits per heavy atom. The molecule has 0 spiro atoms. The molecule has 0 aliphatic heterocycles. The molecular formula is C12H15NO3S. The summed E-state index contributed by atoms with van der Waals surface area (Å²) < 4.78 is 5.07. The van der Waals surface area contributed by atoms with Crippen LogP contribution in [0, 0.1) is 0 Å². The van der Waals surface area contributed by atoms with Gasteiger partial charge in [0, 0.05) is 6.04 Å². The number of hydrogen-bond acceptors (Lipinski definition) is 4. The van der Waals surface area contributed by atoms with Gasteiger partial charge >= 0.3 is 5.97 Å². The van der Waals surface area contributed by atoms with Crippen LogP contribution in [0.4, 0.5) is 0 Å². The molecule has 4 nitrogen and oxygen atoms in total. The molecule has 17 heavy (non-hydrogen) atoms. The zero-order valence-corrected chi connectivity index (χ0v) is 10.5. The Hall–Kier alpha value is -1.36. The van der Waals surface area contributed by atoms with E-state index >= 15 is 0 Å². The number of amides is 1. The van der Waals surface area contributed by atoms with E-state index in [4.69, 9.17) is 4.74 Å². The minimum atomic E-state index is -0.707. The highest BCUT2D eigenvalue weighted by atomic mass is 32.1. The quantitative estimate of drug-likeness (QED) is 0.809. The summed E-state index contributed by atoms with van der Waals surface area (Å²) in [6.45, 7) is 1.60. The minimum absolute atomic E-state index is 0.203. The van der Waals surface area contributed by atoms with E-state index in [0.29, 0.717) is 6.04 Å².